The molecule has 94 valence electrons. The van der Waals surface area contributed by atoms with Crippen molar-refractivity contribution in [1.82, 2.24) is 4.98 Å². The average Bonchev–Trinajstić information content (AvgIpc) is 2.96. The minimum absolute atomic E-state index is 0.122. The molecule has 0 saturated heterocycles. The van der Waals surface area contributed by atoms with Crippen LogP contribution in [0.4, 0.5) is 5.13 Å². The summed E-state index contributed by atoms with van der Waals surface area (Å²) in [5.74, 6) is 0.853. The maximum Gasteiger partial charge on any atom is 0.229 e. The van der Waals surface area contributed by atoms with Crippen LogP contribution in [0.3, 0.4) is 0 Å². The van der Waals surface area contributed by atoms with Crippen LogP contribution in [0.25, 0.3) is 10.2 Å². The van der Waals surface area contributed by atoms with E-state index in [1.807, 2.05) is 6.07 Å². The Labute approximate surface area is 110 Å². The zero-order valence-electron chi connectivity index (χ0n) is 10.6. The van der Waals surface area contributed by atoms with Gasteiger partial charge in [0.1, 0.15) is 0 Å². The highest BCUT2D eigenvalue weighted by Gasteiger charge is 2.39. The van der Waals surface area contributed by atoms with Gasteiger partial charge in [-0.2, -0.15) is 0 Å². The molecule has 1 aliphatic rings. The minimum Gasteiger partial charge on any atom is -0.302 e. The van der Waals surface area contributed by atoms with Gasteiger partial charge in [-0.05, 0) is 36.5 Å². The summed E-state index contributed by atoms with van der Waals surface area (Å²) in [7, 11) is 0. The normalized spacial score (nSPS) is 22.1. The van der Waals surface area contributed by atoms with Gasteiger partial charge < -0.3 is 5.32 Å². The molecule has 0 aliphatic heterocycles. The molecule has 1 aliphatic carbocycles. The van der Waals surface area contributed by atoms with Gasteiger partial charge in [-0.1, -0.05) is 31.3 Å². The molecular formula is C14H16N2OS. The number of amides is 1. The number of hydrogen-bond donors (Lipinski definition) is 1. The summed E-state index contributed by atoms with van der Waals surface area (Å²) in [6.07, 6.45) is 2.03. The first kappa shape index (κ1) is 11.7. The van der Waals surface area contributed by atoms with Crippen molar-refractivity contribution in [2.75, 3.05) is 5.32 Å². The Morgan fingerprint density at radius 3 is 3.00 bits per heavy atom. The predicted molar refractivity (Wildman–Crippen MR) is 74.9 cm³/mol. The zero-order valence-corrected chi connectivity index (χ0v) is 11.4. The van der Waals surface area contributed by atoms with Gasteiger partial charge in [0.15, 0.2) is 5.13 Å². The second-order valence-electron chi connectivity index (χ2n) is 4.98. The second-order valence-corrected chi connectivity index (χ2v) is 6.01. The summed E-state index contributed by atoms with van der Waals surface area (Å²) >= 11 is 1.56. The fourth-order valence-electron chi connectivity index (χ4n) is 2.13. The lowest BCUT2D eigenvalue weighted by atomic mass is 10.2. The van der Waals surface area contributed by atoms with E-state index in [9.17, 15) is 4.79 Å². The standard InChI is InChI=1S/C14H16N2OS/c1-3-9-4-5-11-12(7-9)18-14(15-11)16-13(17)10-6-8(10)2/h4-5,7-8,10H,3,6H2,1-2H3,(H,15,16,17)/t8-,10-/m1/s1. The van der Waals surface area contributed by atoms with Crippen LogP contribution >= 0.6 is 11.3 Å². The van der Waals surface area contributed by atoms with Gasteiger partial charge >= 0.3 is 0 Å². The van der Waals surface area contributed by atoms with Gasteiger partial charge in [-0.15, -0.1) is 0 Å². The van der Waals surface area contributed by atoms with Gasteiger partial charge in [-0.3, -0.25) is 4.79 Å². The molecule has 1 amide bonds. The Hall–Kier alpha value is -1.42. The van der Waals surface area contributed by atoms with Gasteiger partial charge in [0.05, 0.1) is 10.2 Å². The Balaban J connectivity index is 1.82. The molecule has 4 heteroatoms. The van der Waals surface area contributed by atoms with Crippen molar-refractivity contribution >= 4 is 32.6 Å². The molecule has 1 heterocycles. The summed E-state index contributed by atoms with van der Waals surface area (Å²) < 4.78 is 1.15. The van der Waals surface area contributed by atoms with Crippen LogP contribution in [-0.2, 0) is 11.2 Å². The van der Waals surface area contributed by atoms with Crippen molar-refractivity contribution in [2.24, 2.45) is 11.8 Å². The lowest BCUT2D eigenvalue weighted by molar-refractivity contribution is -0.117. The SMILES string of the molecule is CCc1ccc2nc(NC(=O)[C@@H]3C[C@H]3C)sc2c1. The lowest BCUT2D eigenvalue weighted by Gasteiger charge is -1.97. The molecule has 1 N–H and O–H groups in total. The van der Waals surface area contributed by atoms with E-state index in [1.54, 1.807) is 11.3 Å². The molecule has 3 nitrogen and oxygen atoms in total. The smallest absolute Gasteiger partial charge is 0.229 e. The van der Waals surface area contributed by atoms with Crippen molar-refractivity contribution < 1.29 is 4.79 Å². The summed E-state index contributed by atoms with van der Waals surface area (Å²) in [4.78, 5) is 16.3. The summed E-state index contributed by atoms with van der Waals surface area (Å²) in [5.41, 5.74) is 2.27. The maximum absolute atomic E-state index is 11.8. The van der Waals surface area contributed by atoms with Gasteiger partial charge in [0.2, 0.25) is 5.91 Å². The Morgan fingerprint density at radius 2 is 2.33 bits per heavy atom. The third-order valence-electron chi connectivity index (χ3n) is 3.54. The van der Waals surface area contributed by atoms with Crippen molar-refractivity contribution in [3.63, 3.8) is 0 Å². The van der Waals surface area contributed by atoms with E-state index in [0.717, 1.165) is 28.2 Å². The van der Waals surface area contributed by atoms with Crippen LogP contribution in [0.5, 0.6) is 0 Å². The molecule has 0 spiro atoms. The number of carbonyl (C=O) groups excluding carboxylic acids is 1. The van der Waals surface area contributed by atoms with Crippen LogP contribution in [0.1, 0.15) is 25.8 Å². The van der Waals surface area contributed by atoms with Gasteiger partial charge in [0, 0.05) is 5.92 Å². The summed E-state index contributed by atoms with van der Waals surface area (Å²) in [6.45, 7) is 4.25. The molecule has 3 rings (SSSR count). The Morgan fingerprint density at radius 1 is 1.56 bits per heavy atom. The van der Waals surface area contributed by atoms with Crippen molar-refractivity contribution in [3.8, 4) is 0 Å². The first-order chi connectivity index (χ1) is 8.67. The molecular weight excluding hydrogens is 244 g/mol. The van der Waals surface area contributed by atoms with E-state index in [1.165, 1.54) is 5.56 Å². The maximum atomic E-state index is 11.8. The lowest BCUT2D eigenvalue weighted by Crippen LogP contribution is -2.14. The van der Waals surface area contributed by atoms with Gasteiger partial charge in [-0.25, -0.2) is 4.98 Å². The minimum atomic E-state index is 0.122. The number of anilines is 1. The Bertz CT molecular complexity index is 605. The molecule has 0 bridgehead atoms. The van der Waals surface area contributed by atoms with Crippen LogP contribution in [-0.4, -0.2) is 10.9 Å². The topological polar surface area (TPSA) is 42.0 Å². The summed E-state index contributed by atoms with van der Waals surface area (Å²) in [5, 5.41) is 3.65. The largest absolute Gasteiger partial charge is 0.302 e. The fourth-order valence-corrected chi connectivity index (χ4v) is 3.06. The monoisotopic (exact) mass is 260 g/mol. The van der Waals surface area contributed by atoms with Crippen molar-refractivity contribution in [3.05, 3.63) is 23.8 Å². The van der Waals surface area contributed by atoms with E-state index < -0.39 is 0 Å². The second kappa shape index (κ2) is 4.35. The number of rotatable bonds is 3. The molecule has 0 radical (unpaired) electrons. The molecule has 1 aromatic carbocycles. The van der Waals surface area contributed by atoms with Crippen LogP contribution in [0, 0.1) is 11.8 Å². The number of fused-ring (bicyclic) bond motifs is 1. The van der Waals surface area contributed by atoms with Crippen LogP contribution < -0.4 is 5.32 Å². The molecule has 1 saturated carbocycles. The van der Waals surface area contributed by atoms with E-state index in [4.69, 9.17) is 0 Å². The van der Waals surface area contributed by atoms with Crippen LogP contribution in [0.2, 0.25) is 0 Å². The highest BCUT2D eigenvalue weighted by molar-refractivity contribution is 7.22. The third kappa shape index (κ3) is 2.12. The first-order valence-corrected chi connectivity index (χ1v) is 7.19. The molecule has 2 aromatic rings. The number of hydrogen-bond acceptors (Lipinski definition) is 3. The van der Waals surface area contributed by atoms with E-state index in [-0.39, 0.29) is 11.8 Å². The number of benzene rings is 1. The zero-order chi connectivity index (χ0) is 12.7. The molecule has 2 atom stereocenters. The first-order valence-electron chi connectivity index (χ1n) is 6.37. The molecule has 0 unspecified atom stereocenters. The fraction of sp³-hybridized carbons (Fsp3) is 0.429. The Kier molecular flexibility index (Phi) is 2.82. The third-order valence-corrected chi connectivity index (χ3v) is 4.47. The molecule has 18 heavy (non-hydrogen) atoms. The number of nitrogens with one attached hydrogen (secondary N) is 1. The highest BCUT2D eigenvalue weighted by atomic mass is 32.1. The van der Waals surface area contributed by atoms with E-state index in [2.05, 4.69) is 36.3 Å². The summed E-state index contributed by atoms with van der Waals surface area (Å²) in [6, 6.07) is 6.28. The van der Waals surface area contributed by atoms with Crippen molar-refractivity contribution in [2.45, 2.75) is 26.7 Å². The highest BCUT2D eigenvalue weighted by Crippen LogP contribution is 2.39. The number of nitrogens with zero attached hydrogens (tertiary/aromatic N) is 1. The number of thiazole rings is 1. The number of carbonyl (C=O) groups is 1. The van der Waals surface area contributed by atoms with Crippen LogP contribution in [0.15, 0.2) is 18.2 Å². The number of aromatic nitrogens is 1. The van der Waals surface area contributed by atoms with Crippen molar-refractivity contribution in [1.29, 1.82) is 0 Å². The van der Waals surface area contributed by atoms with Gasteiger partial charge in [0.25, 0.3) is 0 Å². The average molecular weight is 260 g/mol. The van der Waals surface area contributed by atoms with E-state index in [0.29, 0.717) is 5.92 Å². The predicted octanol–water partition coefficient (Wildman–Crippen LogP) is 3.45. The molecule has 1 fully saturated rings. The quantitative estimate of drug-likeness (QED) is 0.918. The van der Waals surface area contributed by atoms with E-state index >= 15 is 0 Å². The molecule has 1 aromatic heterocycles. The number of aryl methyl sites for hydroxylation is 1.